The fourth-order valence-corrected chi connectivity index (χ4v) is 2.84. The van der Waals surface area contributed by atoms with Crippen molar-refractivity contribution in [1.82, 2.24) is 15.0 Å². The van der Waals surface area contributed by atoms with Crippen LogP contribution in [0.15, 0.2) is 29.1 Å². The number of carbonyl (C=O) groups is 1. The van der Waals surface area contributed by atoms with Crippen molar-refractivity contribution >= 4 is 5.91 Å². The minimum Gasteiger partial charge on any atom is -0.493 e. The summed E-state index contributed by atoms with van der Waals surface area (Å²) in [5.41, 5.74) is 3.58. The van der Waals surface area contributed by atoms with Gasteiger partial charge in [-0.25, -0.2) is 10.3 Å². The van der Waals surface area contributed by atoms with Crippen molar-refractivity contribution in [3.63, 3.8) is 0 Å². The second-order valence-electron chi connectivity index (χ2n) is 6.26. The summed E-state index contributed by atoms with van der Waals surface area (Å²) < 4.78 is 0.988. The number of aromatic nitrogens is 2. The average Bonchev–Trinajstić information content (AvgIpc) is 2.80. The van der Waals surface area contributed by atoms with Crippen LogP contribution in [-0.4, -0.2) is 25.8 Å². The third kappa shape index (κ3) is 3.68. The first-order valence-electron chi connectivity index (χ1n) is 7.87. The monoisotopic (exact) mass is 333 g/mol. The average molecular weight is 333 g/mol. The normalized spacial score (nSPS) is 12.4. The van der Waals surface area contributed by atoms with E-state index in [1.54, 1.807) is 19.3 Å². The third-order valence-corrected chi connectivity index (χ3v) is 4.01. The summed E-state index contributed by atoms with van der Waals surface area (Å²) in [5.74, 6) is -1.30. The lowest BCUT2D eigenvalue weighted by Gasteiger charge is -2.19. The van der Waals surface area contributed by atoms with Crippen LogP contribution in [0.5, 0.6) is 5.88 Å². The summed E-state index contributed by atoms with van der Waals surface area (Å²) >= 11 is 0. The predicted molar refractivity (Wildman–Crippen MR) is 89.1 cm³/mol. The number of benzene rings is 1. The van der Waals surface area contributed by atoms with Gasteiger partial charge in [0.1, 0.15) is 6.04 Å². The third-order valence-electron chi connectivity index (χ3n) is 4.01. The van der Waals surface area contributed by atoms with E-state index in [2.05, 4.69) is 4.98 Å². The number of aromatic hydroxyl groups is 1. The summed E-state index contributed by atoms with van der Waals surface area (Å²) in [6, 6.07) is 6.99. The number of nitrogens with one attached hydrogen (secondary N) is 2. The van der Waals surface area contributed by atoms with Crippen LogP contribution in [-0.2, 0) is 17.6 Å². The molecule has 0 aliphatic heterocycles. The van der Waals surface area contributed by atoms with Crippen LogP contribution in [0.2, 0.25) is 0 Å². The Balaban J connectivity index is 2.28. The lowest BCUT2D eigenvalue weighted by Crippen LogP contribution is -2.37. The number of amides is 1. The Morgan fingerprint density at radius 1 is 1.33 bits per heavy atom. The molecule has 0 bridgehead atoms. The van der Waals surface area contributed by atoms with Crippen molar-refractivity contribution in [3.05, 3.63) is 51.6 Å². The molecule has 1 heterocycles. The van der Waals surface area contributed by atoms with E-state index in [0.717, 1.165) is 15.7 Å². The van der Waals surface area contributed by atoms with E-state index in [1.165, 1.54) is 0 Å². The molecule has 4 N–H and O–H groups in total. The van der Waals surface area contributed by atoms with Crippen molar-refractivity contribution in [1.29, 1.82) is 0 Å². The topological polar surface area (TPSA) is 107 Å². The Morgan fingerprint density at radius 3 is 2.62 bits per heavy atom. The van der Waals surface area contributed by atoms with Crippen LogP contribution >= 0.6 is 0 Å². The molecule has 7 heteroatoms. The number of H-pyrrole nitrogens is 1. The van der Waals surface area contributed by atoms with Gasteiger partial charge in [-0.1, -0.05) is 43.7 Å². The number of aryl methyl sites for hydroxylation is 3. The molecule has 0 saturated heterocycles. The van der Waals surface area contributed by atoms with Gasteiger partial charge < -0.3 is 10.1 Å². The molecule has 1 amide bonds. The highest BCUT2D eigenvalue weighted by Crippen LogP contribution is 2.24. The molecular formula is C17H23N3O4. The molecule has 0 spiro atoms. The van der Waals surface area contributed by atoms with Gasteiger partial charge in [0.05, 0.1) is 5.69 Å². The van der Waals surface area contributed by atoms with Crippen LogP contribution < -0.4 is 11.2 Å². The molecule has 24 heavy (non-hydrogen) atoms. The van der Waals surface area contributed by atoms with Gasteiger partial charge >= 0.3 is 5.69 Å². The highest BCUT2D eigenvalue weighted by atomic mass is 16.5. The molecule has 130 valence electrons. The molecular weight excluding hydrogens is 310 g/mol. The van der Waals surface area contributed by atoms with Gasteiger partial charge in [-0.2, -0.15) is 0 Å². The fourth-order valence-electron chi connectivity index (χ4n) is 2.84. The van der Waals surface area contributed by atoms with E-state index in [4.69, 9.17) is 5.21 Å². The molecule has 7 nitrogen and oxygen atoms in total. The minimum atomic E-state index is -0.994. The predicted octanol–water partition coefficient (Wildman–Crippen LogP) is 1.68. The number of hydroxylamine groups is 1. The van der Waals surface area contributed by atoms with E-state index in [-0.39, 0.29) is 11.8 Å². The highest BCUT2D eigenvalue weighted by Gasteiger charge is 2.29. The lowest BCUT2D eigenvalue weighted by atomic mass is 10.0. The Morgan fingerprint density at radius 2 is 2.04 bits per heavy atom. The van der Waals surface area contributed by atoms with E-state index in [0.29, 0.717) is 18.5 Å². The Bertz CT molecular complexity index is 776. The van der Waals surface area contributed by atoms with Crippen molar-refractivity contribution in [2.45, 2.75) is 39.7 Å². The maximum atomic E-state index is 12.2. The molecule has 0 aliphatic rings. The number of aromatic amines is 1. The SMILES string of the molecule is Cc1cccc(CCc2[nH]c(=O)n(C(C(=O)NO)C(C)C)c2O)c1. The largest absolute Gasteiger partial charge is 0.493 e. The van der Waals surface area contributed by atoms with Gasteiger partial charge in [-0.15, -0.1) is 0 Å². The molecule has 0 aliphatic carbocycles. The number of hydrogen-bond donors (Lipinski definition) is 4. The Labute approximate surface area is 139 Å². The number of carbonyl (C=O) groups excluding carboxylic acids is 1. The number of imidazole rings is 1. The van der Waals surface area contributed by atoms with Gasteiger partial charge in [0.25, 0.3) is 5.91 Å². The zero-order chi connectivity index (χ0) is 17.9. The van der Waals surface area contributed by atoms with E-state index in [1.807, 2.05) is 31.2 Å². The molecule has 0 radical (unpaired) electrons. The van der Waals surface area contributed by atoms with Gasteiger partial charge in [-0.3, -0.25) is 14.6 Å². The quantitative estimate of drug-likeness (QED) is 0.476. The summed E-state index contributed by atoms with van der Waals surface area (Å²) in [7, 11) is 0. The molecule has 1 aromatic heterocycles. The van der Waals surface area contributed by atoms with Crippen molar-refractivity contribution in [2.24, 2.45) is 5.92 Å². The van der Waals surface area contributed by atoms with Crippen LogP contribution in [0, 0.1) is 12.8 Å². The maximum Gasteiger partial charge on any atom is 0.329 e. The van der Waals surface area contributed by atoms with Crippen molar-refractivity contribution < 1.29 is 15.1 Å². The molecule has 2 aromatic rings. The van der Waals surface area contributed by atoms with E-state index < -0.39 is 17.6 Å². The minimum absolute atomic E-state index is 0.269. The van der Waals surface area contributed by atoms with E-state index in [9.17, 15) is 14.7 Å². The maximum absolute atomic E-state index is 12.2. The summed E-state index contributed by atoms with van der Waals surface area (Å²) in [6.45, 7) is 5.45. The zero-order valence-corrected chi connectivity index (χ0v) is 14.0. The van der Waals surface area contributed by atoms with Crippen molar-refractivity contribution in [3.8, 4) is 5.88 Å². The van der Waals surface area contributed by atoms with Crippen molar-refractivity contribution in [2.75, 3.05) is 0 Å². The van der Waals surface area contributed by atoms with Gasteiger partial charge in [0.15, 0.2) is 0 Å². The first-order valence-corrected chi connectivity index (χ1v) is 7.87. The van der Waals surface area contributed by atoms with Crippen LogP contribution in [0.4, 0.5) is 0 Å². The van der Waals surface area contributed by atoms with Gasteiger partial charge in [0, 0.05) is 0 Å². The van der Waals surface area contributed by atoms with Gasteiger partial charge in [0.2, 0.25) is 5.88 Å². The van der Waals surface area contributed by atoms with Crippen LogP contribution in [0.1, 0.15) is 36.7 Å². The van der Waals surface area contributed by atoms with Crippen LogP contribution in [0.3, 0.4) is 0 Å². The summed E-state index contributed by atoms with van der Waals surface area (Å²) in [5, 5.41) is 19.3. The molecule has 1 unspecified atom stereocenters. The van der Waals surface area contributed by atoms with Gasteiger partial charge in [-0.05, 0) is 31.2 Å². The Hall–Kier alpha value is -2.54. The molecule has 1 aromatic carbocycles. The second-order valence-corrected chi connectivity index (χ2v) is 6.26. The molecule has 0 saturated carbocycles. The highest BCUT2D eigenvalue weighted by molar-refractivity contribution is 5.79. The second kappa shape index (κ2) is 7.35. The molecule has 0 fully saturated rings. The summed E-state index contributed by atoms with van der Waals surface area (Å²) in [4.78, 5) is 26.6. The first-order chi connectivity index (χ1) is 11.3. The summed E-state index contributed by atoms with van der Waals surface area (Å²) in [6.07, 6.45) is 1.08. The Kier molecular flexibility index (Phi) is 5.46. The first kappa shape index (κ1) is 17.8. The number of nitrogens with zero attached hydrogens (tertiary/aromatic N) is 1. The smallest absolute Gasteiger partial charge is 0.329 e. The standard InChI is InChI=1S/C17H23N3O4/c1-10(2)14(15(21)19-24)20-16(22)13(18-17(20)23)8-7-12-6-4-5-11(3)9-12/h4-6,9-10,14,22,24H,7-8H2,1-3H3,(H,18,23)(H,19,21). The fraction of sp³-hybridized carbons (Fsp3) is 0.412. The number of hydrogen-bond acceptors (Lipinski definition) is 4. The number of rotatable bonds is 6. The molecule has 1 atom stereocenters. The zero-order valence-electron chi connectivity index (χ0n) is 14.0. The van der Waals surface area contributed by atoms with E-state index >= 15 is 0 Å². The molecule has 2 rings (SSSR count). The van der Waals surface area contributed by atoms with Crippen LogP contribution in [0.25, 0.3) is 0 Å². The lowest BCUT2D eigenvalue weighted by molar-refractivity contribution is -0.134.